The Labute approximate surface area is 154 Å². The summed E-state index contributed by atoms with van der Waals surface area (Å²) >= 11 is 3.35. The second-order valence-electron chi connectivity index (χ2n) is 5.49. The summed E-state index contributed by atoms with van der Waals surface area (Å²) in [6.45, 7) is 1.67. The van der Waals surface area contributed by atoms with E-state index in [1.807, 2.05) is 19.1 Å². The van der Waals surface area contributed by atoms with Crippen molar-refractivity contribution in [1.29, 1.82) is 0 Å². The quantitative estimate of drug-likeness (QED) is 0.770. The third-order valence-electron chi connectivity index (χ3n) is 3.42. The van der Waals surface area contributed by atoms with Gasteiger partial charge in [-0.05, 0) is 55.0 Å². The standard InChI is InChI=1S/C17H17BrN2O4S/c1-11-9-13(18)5-8-15(11)20-16(21)10-19-17(22)12-3-6-14(7-4-12)25(2,23)24/h3-9H,10H2,1-2H3,(H,19,22)(H,20,21). The van der Waals surface area contributed by atoms with Crippen molar-refractivity contribution in [2.75, 3.05) is 18.1 Å². The summed E-state index contributed by atoms with van der Waals surface area (Å²) in [5, 5.41) is 5.22. The maximum Gasteiger partial charge on any atom is 0.251 e. The van der Waals surface area contributed by atoms with Gasteiger partial charge in [-0.1, -0.05) is 15.9 Å². The van der Waals surface area contributed by atoms with Crippen LogP contribution >= 0.6 is 15.9 Å². The Hall–Kier alpha value is -2.19. The largest absolute Gasteiger partial charge is 0.343 e. The van der Waals surface area contributed by atoms with Crippen molar-refractivity contribution >= 4 is 43.3 Å². The van der Waals surface area contributed by atoms with Gasteiger partial charge in [0.2, 0.25) is 5.91 Å². The van der Waals surface area contributed by atoms with E-state index in [1.54, 1.807) is 6.07 Å². The molecule has 2 aromatic carbocycles. The highest BCUT2D eigenvalue weighted by Crippen LogP contribution is 2.19. The van der Waals surface area contributed by atoms with Gasteiger partial charge >= 0.3 is 0 Å². The van der Waals surface area contributed by atoms with Crippen LogP contribution in [0, 0.1) is 6.92 Å². The van der Waals surface area contributed by atoms with Gasteiger partial charge in [-0.25, -0.2) is 8.42 Å². The molecule has 2 aromatic rings. The van der Waals surface area contributed by atoms with E-state index in [1.165, 1.54) is 24.3 Å². The van der Waals surface area contributed by atoms with E-state index in [0.717, 1.165) is 16.3 Å². The van der Waals surface area contributed by atoms with Gasteiger partial charge < -0.3 is 10.6 Å². The van der Waals surface area contributed by atoms with Crippen molar-refractivity contribution in [1.82, 2.24) is 5.32 Å². The lowest BCUT2D eigenvalue weighted by Gasteiger charge is -2.10. The maximum atomic E-state index is 12.0. The minimum Gasteiger partial charge on any atom is -0.343 e. The number of halogens is 1. The van der Waals surface area contributed by atoms with Crippen LogP contribution in [0.15, 0.2) is 51.8 Å². The number of hydrogen-bond donors (Lipinski definition) is 2. The smallest absolute Gasteiger partial charge is 0.251 e. The third-order valence-corrected chi connectivity index (χ3v) is 5.04. The van der Waals surface area contributed by atoms with Gasteiger partial charge in [0.15, 0.2) is 9.84 Å². The number of carbonyl (C=O) groups is 2. The molecule has 0 fully saturated rings. The molecule has 0 radical (unpaired) electrons. The molecule has 0 bridgehead atoms. The van der Waals surface area contributed by atoms with Crippen LogP contribution in [-0.4, -0.2) is 33.0 Å². The fourth-order valence-electron chi connectivity index (χ4n) is 2.08. The van der Waals surface area contributed by atoms with Crippen LogP contribution in [0.25, 0.3) is 0 Å². The van der Waals surface area contributed by atoms with Gasteiger partial charge in [0, 0.05) is 22.0 Å². The van der Waals surface area contributed by atoms with E-state index in [-0.39, 0.29) is 22.9 Å². The normalized spacial score (nSPS) is 11.0. The molecular weight excluding hydrogens is 408 g/mol. The first-order valence-corrected chi connectivity index (χ1v) is 9.99. The van der Waals surface area contributed by atoms with Gasteiger partial charge in [0.25, 0.3) is 5.91 Å². The van der Waals surface area contributed by atoms with E-state index in [0.29, 0.717) is 5.69 Å². The average Bonchev–Trinajstić information content (AvgIpc) is 2.54. The van der Waals surface area contributed by atoms with Gasteiger partial charge in [0.1, 0.15) is 0 Å². The van der Waals surface area contributed by atoms with Gasteiger partial charge in [-0.15, -0.1) is 0 Å². The topological polar surface area (TPSA) is 92.3 Å². The molecule has 0 aliphatic heterocycles. The molecule has 2 rings (SSSR count). The van der Waals surface area contributed by atoms with E-state index >= 15 is 0 Å². The fraction of sp³-hybridized carbons (Fsp3) is 0.176. The highest BCUT2D eigenvalue weighted by molar-refractivity contribution is 9.10. The van der Waals surface area contributed by atoms with Crippen molar-refractivity contribution in [3.63, 3.8) is 0 Å². The monoisotopic (exact) mass is 424 g/mol. The first kappa shape index (κ1) is 19.1. The predicted molar refractivity (Wildman–Crippen MR) is 99.4 cm³/mol. The molecule has 6 nitrogen and oxygen atoms in total. The molecular formula is C17H17BrN2O4S. The minimum absolute atomic E-state index is 0.132. The number of anilines is 1. The number of rotatable bonds is 5. The number of benzene rings is 2. The van der Waals surface area contributed by atoms with Crippen molar-refractivity contribution in [2.24, 2.45) is 0 Å². The summed E-state index contributed by atoms with van der Waals surface area (Å²) in [7, 11) is -3.31. The van der Waals surface area contributed by atoms with E-state index in [4.69, 9.17) is 0 Å². The molecule has 0 heterocycles. The molecule has 0 aliphatic rings. The zero-order valence-corrected chi connectivity index (χ0v) is 16.1. The molecule has 0 aromatic heterocycles. The molecule has 2 N–H and O–H groups in total. The molecule has 0 atom stereocenters. The summed E-state index contributed by atoms with van der Waals surface area (Å²) in [5.41, 5.74) is 1.84. The van der Waals surface area contributed by atoms with Crippen LogP contribution in [0.4, 0.5) is 5.69 Å². The molecule has 0 saturated carbocycles. The van der Waals surface area contributed by atoms with E-state index < -0.39 is 15.7 Å². The lowest BCUT2D eigenvalue weighted by atomic mass is 10.2. The number of aryl methyl sites for hydroxylation is 1. The summed E-state index contributed by atoms with van der Waals surface area (Å²) in [4.78, 5) is 24.1. The summed E-state index contributed by atoms with van der Waals surface area (Å²) < 4.78 is 23.7. The number of carbonyl (C=O) groups excluding carboxylic acids is 2. The fourth-order valence-corrected chi connectivity index (χ4v) is 3.18. The van der Waals surface area contributed by atoms with Crippen LogP contribution in [0.2, 0.25) is 0 Å². The van der Waals surface area contributed by atoms with Gasteiger partial charge in [-0.2, -0.15) is 0 Å². The Morgan fingerprint density at radius 2 is 1.72 bits per heavy atom. The molecule has 0 aliphatic carbocycles. The summed E-state index contributed by atoms with van der Waals surface area (Å²) in [5.74, 6) is -0.811. The molecule has 0 spiro atoms. The first-order chi connectivity index (χ1) is 11.7. The molecule has 132 valence electrons. The van der Waals surface area contributed by atoms with E-state index in [2.05, 4.69) is 26.6 Å². The zero-order chi connectivity index (χ0) is 18.6. The minimum atomic E-state index is -3.31. The number of nitrogens with one attached hydrogen (secondary N) is 2. The second-order valence-corrected chi connectivity index (χ2v) is 8.42. The maximum absolute atomic E-state index is 12.0. The Bertz CT molecular complexity index is 909. The van der Waals surface area contributed by atoms with Crippen LogP contribution in [-0.2, 0) is 14.6 Å². The Morgan fingerprint density at radius 3 is 2.28 bits per heavy atom. The molecule has 2 amide bonds. The van der Waals surface area contributed by atoms with Crippen molar-refractivity contribution < 1.29 is 18.0 Å². The van der Waals surface area contributed by atoms with Gasteiger partial charge in [0.05, 0.1) is 11.4 Å². The van der Waals surface area contributed by atoms with Crippen LogP contribution in [0.1, 0.15) is 15.9 Å². The summed E-state index contributed by atoms with van der Waals surface area (Å²) in [6, 6.07) is 11.0. The third kappa shape index (κ3) is 5.40. The van der Waals surface area contributed by atoms with Crippen LogP contribution in [0.3, 0.4) is 0 Å². The molecule has 0 saturated heterocycles. The molecule has 25 heavy (non-hydrogen) atoms. The summed E-state index contributed by atoms with van der Waals surface area (Å²) in [6.07, 6.45) is 1.09. The zero-order valence-electron chi connectivity index (χ0n) is 13.7. The van der Waals surface area contributed by atoms with Crippen LogP contribution in [0.5, 0.6) is 0 Å². The van der Waals surface area contributed by atoms with Crippen molar-refractivity contribution in [3.8, 4) is 0 Å². The highest BCUT2D eigenvalue weighted by Gasteiger charge is 2.11. The average molecular weight is 425 g/mol. The Morgan fingerprint density at radius 1 is 1.08 bits per heavy atom. The number of hydrogen-bond acceptors (Lipinski definition) is 4. The van der Waals surface area contributed by atoms with Crippen LogP contribution < -0.4 is 10.6 Å². The lowest BCUT2D eigenvalue weighted by Crippen LogP contribution is -2.33. The highest BCUT2D eigenvalue weighted by atomic mass is 79.9. The molecule has 8 heteroatoms. The number of sulfone groups is 1. The van der Waals surface area contributed by atoms with Gasteiger partial charge in [-0.3, -0.25) is 9.59 Å². The Kier molecular flexibility index (Phi) is 5.97. The second kappa shape index (κ2) is 7.79. The lowest BCUT2D eigenvalue weighted by molar-refractivity contribution is -0.115. The predicted octanol–water partition coefficient (Wildman–Crippen LogP) is 2.53. The number of amides is 2. The Balaban J connectivity index is 1.94. The molecule has 0 unspecified atom stereocenters. The van der Waals surface area contributed by atoms with Crippen molar-refractivity contribution in [3.05, 3.63) is 58.1 Å². The SMILES string of the molecule is Cc1cc(Br)ccc1NC(=O)CNC(=O)c1ccc(S(C)(=O)=O)cc1. The first-order valence-electron chi connectivity index (χ1n) is 7.31. The van der Waals surface area contributed by atoms with E-state index in [9.17, 15) is 18.0 Å². The van der Waals surface area contributed by atoms with Crippen molar-refractivity contribution in [2.45, 2.75) is 11.8 Å².